The van der Waals surface area contributed by atoms with E-state index in [1.165, 1.54) is 52.5 Å². The zero-order valence-electron chi connectivity index (χ0n) is 33.1. The normalized spacial score (nSPS) is 11.0. The molecule has 314 valence electrons. The van der Waals surface area contributed by atoms with E-state index in [9.17, 15) is 27.6 Å². The fourth-order valence-electron chi connectivity index (χ4n) is 5.81. The number of carbonyl (C=O) groups excluding carboxylic acids is 2. The number of fused-ring (bicyclic) bond motifs is 2. The van der Waals surface area contributed by atoms with Gasteiger partial charge in [-0.1, -0.05) is 44.2 Å². The van der Waals surface area contributed by atoms with Crippen molar-refractivity contribution in [3.05, 3.63) is 136 Å². The molecule has 0 aliphatic heterocycles. The summed E-state index contributed by atoms with van der Waals surface area (Å²) in [5, 5.41) is 23.5. The summed E-state index contributed by atoms with van der Waals surface area (Å²) in [6.45, 7) is 8.18. The number of imidazole rings is 1. The second kappa shape index (κ2) is 19.2. The molecule has 0 saturated carbocycles. The Hall–Kier alpha value is -7.32. The Morgan fingerprint density at radius 2 is 1.66 bits per heavy atom. The number of aryl methyl sites for hydroxylation is 2. The van der Waals surface area contributed by atoms with Crippen molar-refractivity contribution in [1.29, 1.82) is 0 Å². The molecule has 0 bridgehead atoms. The van der Waals surface area contributed by atoms with Crippen LogP contribution in [0.4, 0.5) is 24.0 Å². The van der Waals surface area contributed by atoms with Gasteiger partial charge >= 0.3 is 6.18 Å². The maximum atomic E-state index is 13.3. The fraction of sp³-hybridized carbons (Fsp3) is 0.195. The van der Waals surface area contributed by atoms with Crippen molar-refractivity contribution >= 4 is 45.3 Å². The Morgan fingerprint density at radius 3 is 2.38 bits per heavy atom. The molecule has 20 heteroatoms. The Morgan fingerprint density at radius 1 is 0.902 bits per heavy atom. The predicted molar refractivity (Wildman–Crippen MR) is 223 cm³/mol. The van der Waals surface area contributed by atoms with E-state index in [-0.39, 0.29) is 40.8 Å². The molecule has 2 amide bonds. The molecule has 0 radical (unpaired) electrons. The molecule has 0 fully saturated rings. The number of hydrogen-bond acceptors (Lipinski definition) is 12. The number of H-pyrrole nitrogens is 1. The standard InChI is InChI=1S/C21H21N5O3S.C18H11F3N6O2.C2H6/c1-13-12-22-21(30-13)24-20(28)19-14(2)23-18-9-8-16(25-26(18)19)15-6-3-4-7-17(15)29-11-5-10-27;19-18(20,21)11-4-2-1-3-10(11)12-5-6-27-16(25-12)14(8-24-27)26-17(29)13-7-15(28)23-9-22-13;1-2/h3-4,6-9,12,27H,5,10-11H2,1-2H3,(H,22,24,28);1-9H,(H,26,29)(H,22,23,28);1-2H3. The van der Waals surface area contributed by atoms with Crippen LogP contribution in [0.25, 0.3) is 33.8 Å². The lowest BCUT2D eigenvalue weighted by atomic mass is 10.0. The number of nitrogens with zero attached hydrogens (tertiary/aromatic N) is 8. The van der Waals surface area contributed by atoms with Crippen LogP contribution in [-0.2, 0) is 6.18 Å². The summed E-state index contributed by atoms with van der Waals surface area (Å²) in [6.07, 6.45) is 1.53. The molecule has 0 aliphatic carbocycles. The van der Waals surface area contributed by atoms with E-state index >= 15 is 0 Å². The van der Waals surface area contributed by atoms with Gasteiger partial charge in [0.25, 0.3) is 17.4 Å². The minimum Gasteiger partial charge on any atom is -0.493 e. The SMILES string of the molecule is CC.Cc1cnc(NC(=O)c2c(C)nc3ccc(-c4ccccc4OCCCO)nn23)s1.O=C(Nc1cnn2ccc(-c3ccccc3C(F)(F)F)nc12)c1cc(=O)[nH]cn1. The van der Waals surface area contributed by atoms with Gasteiger partial charge in [0.2, 0.25) is 0 Å². The van der Waals surface area contributed by atoms with Gasteiger partial charge in [-0.05, 0) is 50.2 Å². The van der Waals surface area contributed by atoms with E-state index in [2.05, 4.69) is 45.8 Å². The van der Waals surface area contributed by atoms with E-state index in [4.69, 9.17) is 9.84 Å². The number of ether oxygens (including phenoxy) is 1. The third kappa shape index (κ3) is 10.1. The van der Waals surface area contributed by atoms with Gasteiger partial charge in [-0.25, -0.2) is 29.0 Å². The van der Waals surface area contributed by atoms with Gasteiger partial charge in [0.05, 0.1) is 41.8 Å². The van der Waals surface area contributed by atoms with Gasteiger partial charge in [-0.2, -0.15) is 23.4 Å². The van der Waals surface area contributed by atoms with Gasteiger partial charge in [-0.15, -0.1) is 11.3 Å². The number of benzene rings is 2. The van der Waals surface area contributed by atoms with Crippen molar-refractivity contribution in [1.82, 2.24) is 44.1 Å². The maximum Gasteiger partial charge on any atom is 0.417 e. The zero-order valence-corrected chi connectivity index (χ0v) is 33.9. The van der Waals surface area contributed by atoms with Gasteiger partial charge in [0, 0.05) is 47.5 Å². The highest BCUT2D eigenvalue weighted by Crippen LogP contribution is 2.36. The molecular weight excluding hydrogens is 816 g/mol. The number of para-hydroxylation sites is 1. The molecule has 61 heavy (non-hydrogen) atoms. The molecule has 8 rings (SSSR count). The van der Waals surface area contributed by atoms with E-state index < -0.39 is 23.2 Å². The number of nitrogens with one attached hydrogen (secondary N) is 3. The quantitative estimate of drug-likeness (QED) is 0.101. The number of carbonyl (C=O) groups is 2. The Kier molecular flexibility index (Phi) is 13.6. The fourth-order valence-corrected chi connectivity index (χ4v) is 6.47. The largest absolute Gasteiger partial charge is 0.493 e. The third-order valence-electron chi connectivity index (χ3n) is 8.47. The Balaban J connectivity index is 0.000000196. The van der Waals surface area contributed by atoms with Crippen LogP contribution in [0.3, 0.4) is 0 Å². The summed E-state index contributed by atoms with van der Waals surface area (Å²) in [4.78, 5) is 56.5. The molecule has 16 nitrogen and oxygen atoms in total. The van der Waals surface area contributed by atoms with Crippen molar-refractivity contribution in [2.45, 2.75) is 40.3 Å². The molecular formula is C41H38F3N11O5S. The van der Waals surface area contributed by atoms with Gasteiger partial charge < -0.3 is 20.1 Å². The second-order valence-electron chi connectivity index (χ2n) is 12.6. The van der Waals surface area contributed by atoms with Gasteiger partial charge in [0.15, 0.2) is 22.1 Å². The summed E-state index contributed by atoms with van der Waals surface area (Å²) in [5.74, 6) is -0.334. The highest BCUT2D eigenvalue weighted by molar-refractivity contribution is 7.15. The topological polar surface area (TPSA) is 207 Å². The van der Waals surface area contributed by atoms with Crippen molar-refractivity contribution in [3.63, 3.8) is 0 Å². The number of alkyl halides is 3. The minimum absolute atomic E-state index is 0.0655. The third-order valence-corrected chi connectivity index (χ3v) is 9.30. The Bertz CT molecular complexity index is 2870. The maximum absolute atomic E-state index is 13.3. The molecule has 0 saturated heterocycles. The number of thiazole rings is 1. The highest BCUT2D eigenvalue weighted by atomic mass is 32.1. The summed E-state index contributed by atoms with van der Waals surface area (Å²) in [7, 11) is 0. The van der Waals surface area contributed by atoms with Crippen LogP contribution in [-0.4, -0.2) is 74.3 Å². The molecule has 0 atom stereocenters. The number of rotatable bonds is 10. The van der Waals surface area contributed by atoms with Crippen LogP contribution in [0, 0.1) is 13.8 Å². The number of hydrogen-bond donors (Lipinski definition) is 4. The first-order valence-electron chi connectivity index (χ1n) is 18.7. The number of aromatic amines is 1. The van der Waals surface area contributed by atoms with Crippen molar-refractivity contribution in [2.75, 3.05) is 23.8 Å². The number of amides is 2. The Labute approximate surface area is 349 Å². The van der Waals surface area contributed by atoms with Crippen LogP contribution in [0.5, 0.6) is 5.75 Å². The molecule has 0 spiro atoms. The monoisotopic (exact) mass is 853 g/mol. The first kappa shape index (κ1) is 43.3. The lowest BCUT2D eigenvalue weighted by molar-refractivity contribution is -0.137. The number of aromatic nitrogens is 9. The number of aliphatic hydroxyl groups is 1. The van der Waals surface area contributed by atoms with Crippen molar-refractivity contribution in [2.24, 2.45) is 0 Å². The van der Waals surface area contributed by atoms with Crippen LogP contribution in [0.2, 0.25) is 0 Å². The number of aliphatic hydroxyl groups excluding tert-OH is 1. The van der Waals surface area contributed by atoms with E-state index in [1.54, 1.807) is 17.6 Å². The van der Waals surface area contributed by atoms with Crippen LogP contribution in [0.1, 0.15) is 57.4 Å². The smallest absolute Gasteiger partial charge is 0.417 e. The first-order valence-corrected chi connectivity index (χ1v) is 19.5. The summed E-state index contributed by atoms with van der Waals surface area (Å²) < 4.78 is 48.6. The molecule has 6 heterocycles. The van der Waals surface area contributed by atoms with Crippen LogP contribution >= 0.6 is 11.3 Å². The van der Waals surface area contributed by atoms with E-state index in [0.717, 1.165) is 28.9 Å². The zero-order chi connectivity index (χ0) is 43.7. The average Bonchev–Trinajstić information content (AvgIpc) is 3.96. The highest BCUT2D eigenvalue weighted by Gasteiger charge is 2.33. The number of anilines is 2. The van der Waals surface area contributed by atoms with Crippen LogP contribution in [0.15, 0.2) is 103 Å². The summed E-state index contributed by atoms with van der Waals surface area (Å²) in [6, 6.07) is 18.7. The summed E-state index contributed by atoms with van der Waals surface area (Å²) >= 11 is 1.41. The molecule has 0 aliphatic rings. The molecule has 0 unspecified atom stereocenters. The molecule has 2 aromatic carbocycles. The molecule has 8 aromatic rings. The van der Waals surface area contributed by atoms with E-state index in [1.807, 2.05) is 57.2 Å². The van der Waals surface area contributed by atoms with E-state index in [0.29, 0.717) is 46.6 Å². The lowest BCUT2D eigenvalue weighted by Gasteiger charge is -2.12. The number of halogens is 3. The molecule has 4 N–H and O–H groups in total. The average molecular weight is 854 g/mol. The van der Waals surface area contributed by atoms with Crippen molar-refractivity contribution < 1.29 is 32.6 Å². The lowest BCUT2D eigenvalue weighted by Crippen LogP contribution is -2.17. The van der Waals surface area contributed by atoms with Crippen molar-refractivity contribution in [3.8, 4) is 28.3 Å². The minimum atomic E-state index is -4.55. The van der Waals surface area contributed by atoms with Gasteiger partial charge in [-0.3, -0.25) is 19.7 Å². The van der Waals surface area contributed by atoms with Crippen LogP contribution < -0.4 is 20.9 Å². The summed E-state index contributed by atoms with van der Waals surface area (Å²) in [5.41, 5.74) is 1.76. The first-order chi connectivity index (χ1) is 29.4. The van der Waals surface area contributed by atoms with Gasteiger partial charge in [0.1, 0.15) is 17.1 Å². The second-order valence-corrected chi connectivity index (χ2v) is 13.9. The molecule has 6 aromatic heterocycles. The predicted octanol–water partition coefficient (Wildman–Crippen LogP) is 7.26.